The number of ether oxygens (including phenoxy) is 1. The summed E-state index contributed by atoms with van der Waals surface area (Å²) in [4.78, 5) is 10.6. The third-order valence-electron chi connectivity index (χ3n) is 2.13. The van der Waals surface area contributed by atoms with Gasteiger partial charge in [0.05, 0.1) is 12.1 Å². The Hall–Kier alpha value is 0.430. The standard InChI is InChI=1S/C11H22O3.Na/c1-3-5-6-7-9-14-10(8-4-2)11(12)13;/h10H,3-9H2,1-2H3,(H,12,13);/q;+1/p-1. The molecule has 0 radical (unpaired) electrons. The molecule has 0 aliphatic carbocycles. The molecule has 0 N–H and O–H groups in total. The zero-order chi connectivity index (χ0) is 10.8. The molecule has 4 heteroatoms. The van der Waals surface area contributed by atoms with Crippen molar-refractivity contribution in [3.8, 4) is 0 Å². The SMILES string of the molecule is CCCCCCOC(CCC)C(=O)[O-].[Na+]. The van der Waals surface area contributed by atoms with Gasteiger partial charge < -0.3 is 14.6 Å². The molecule has 0 saturated carbocycles. The van der Waals surface area contributed by atoms with Crippen LogP contribution < -0.4 is 34.7 Å². The van der Waals surface area contributed by atoms with E-state index in [0.717, 1.165) is 19.3 Å². The molecule has 0 saturated heterocycles. The van der Waals surface area contributed by atoms with Gasteiger partial charge >= 0.3 is 29.6 Å². The van der Waals surface area contributed by atoms with Crippen molar-refractivity contribution < 1.29 is 44.2 Å². The molecule has 0 bridgehead atoms. The molecule has 3 nitrogen and oxygen atoms in total. The fourth-order valence-corrected chi connectivity index (χ4v) is 1.29. The fourth-order valence-electron chi connectivity index (χ4n) is 1.29. The summed E-state index contributed by atoms with van der Waals surface area (Å²) in [6.07, 6.45) is 5.08. The topological polar surface area (TPSA) is 49.4 Å². The number of hydrogen-bond acceptors (Lipinski definition) is 3. The van der Waals surface area contributed by atoms with Crippen molar-refractivity contribution in [1.29, 1.82) is 0 Å². The van der Waals surface area contributed by atoms with E-state index in [-0.39, 0.29) is 29.6 Å². The second-order valence-electron chi connectivity index (χ2n) is 3.53. The van der Waals surface area contributed by atoms with Crippen LogP contribution in [0.2, 0.25) is 0 Å². The third-order valence-corrected chi connectivity index (χ3v) is 2.13. The van der Waals surface area contributed by atoms with Crippen LogP contribution in [0.15, 0.2) is 0 Å². The predicted molar refractivity (Wildman–Crippen MR) is 53.8 cm³/mol. The van der Waals surface area contributed by atoms with Gasteiger partial charge in [0, 0.05) is 6.61 Å². The first-order valence-corrected chi connectivity index (χ1v) is 5.54. The van der Waals surface area contributed by atoms with E-state index in [1.165, 1.54) is 12.8 Å². The number of aliphatic carboxylic acids is 1. The summed E-state index contributed by atoms with van der Waals surface area (Å²) in [7, 11) is 0. The largest absolute Gasteiger partial charge is 1.00 e. The molecule has 0 rings (SSSR count). The van der Waals surface area contributed by atoms with Crippen LogP contribution in [-0.2, 0) is 9.53 Å². The maximum atomic E-state index is 10.6. The van der Waals surface area contributed by atoms with Gasteiger partial charge in [-0.25, -0.2) is 0 Å². The number of carbonyl (C=O) groups is 1. The predicted octanol–water partition coefficient (Wildman–Crippen LogP) is -1.49. The average Bonchev–Trinajstić information content (AvgIpc) is 2.15. The molecule has 0 aromatic heterocycles. The fraction of sp³-hybridized carbons (Fsp3) is 0.909. The van der Waals surface area contributed by atoms with Crippen LogP contribution in [0.5, 0.6) is 0 Å². The summed E-state index contributed by atoms with van der Waals surface area (Å²) in [5, 5.41) is 10.6. The van der Waals surface area contributed by atoms with Crippen LogP contribution in [0.25, 0.3) is 0 Å². The first-order valence-electron chi connectivity index (χ1n) is 5.54. The Balaban J connectivity index is 0. The average molecular weight is 224 g/mol. The van der Waals surface area contributed by atoms with E-state index in [4.69, 9.17) is 4.74 Å². The summed E-state index contributed by atoms with van der Waals surface area (Å²) in [6.45, 7) is 4.62. The molecule has 0 aromatic rings. The van der Waals surface area contributed by atoms with Gasteiger partial charge in [-0.2, -0.15) is 0 Å². The van der Waals surface area contributed by atoms with E-state index in [1.807, 2.05) is 6.92 Å². The molecule has 84 valence electrons. The molecule has 1 unspecified atom stereocenters. The van der Waals surface area contributed by atoms with Crippen LogP contribution in [0.3, 0.4) is 0 Å². The third kappa shape index (κ3) is 10.7. The van der Waals surface area contributed by atoms with E-state index >= 15 is 0 Å². The van der Waals surface area contributed by atoms with Crippen LogP contribution in [-0.4, -0.2) is 18.7 Å². The van der Waals surface area contributed by atoms with Gasteiger partial charge in [0.2, 0.25) is 0 Å². The van der Waals surface area contributed by atoms with E-state index < -0.39 is 12.1 Å². The van der Waals surface area contributed by atoms with Gasteiger partial charge in [-0.05, 0) is 12.8 Å². The van der Waals surface area contributed by atoms with Gasteiger partial charge in [0.25, 0.3) is 0 Å². The van der Waals surface area contributed by atoms with Crippen molar-refractivity contribution in [1.82, 2.24) is 0 Å². The molecule has 0 aliphatic rings. The van der Waals surface area contributed by atoms with Crippen molar-refractivity contribution in [3.63, 3.8) is 0 Å². The number of unbranched alkanes of at least 4 members (excludes halogenated alkanes) is 3. The first-order chi connectivity index (χ1) is 6.72. The Morgan fingerprint density at radius 3 is 2.33 bits per heavy atom. The van der Waals surface area contributed by atoms with Crippen LogP contribution >= 0.6 is 0 Å². The van der Waals surface area contributed by atoms with Crippen molar-refractivity contribution in [2.75, 3.05) is 6.61 Å². The number of carbonyl (C=O) groups excluding carboxylic acids is 1. The number of rotatable bonds is 9. The maximum Gasteiger partial charge on any atom is 1.00 e. The van der Waals surface area contributed by atoms with Gasteiger partial charge in [-0.15, -0.1) is 0 Å². The smallest absolute Gasteiger partial charge is 0.547 e. The minimum atomic E-state index is -1.08. The van der Waals surface area contributed by atoms with Crippen LogP contribution in [0.4, 0.5) is 0 Å². The molecule has 0 heterocycles. The zero-order valence-corrected chi connectivity index (χ0v) is 12.3. The second-order valence-corrected chi connectivity index (χ2v) is 3.53. The molecule has 0 aromatic carbocycles. The summed E-state index contributed by atoms with van der Waals surface area (Å²) < 4.78 is 5.23. The van der Waals surface area contributed by atoms with Gasteiger partial charge in [-0.1, -0.05) is 39.5 Å². The van der Waals surface area contributed by atoms with E-state index in [1.54, 1.807) is 0 Å². The Labute approximate surface area is 115 Å². The Morgan fingerprint density at radius 1 is 1.20 bits per heavy atom. The summed E-state index contributed by atoms with van der Waals surface area (Å²) in [5.41, 5.74) is 0. The number of carboxylic acid groups (broad SMARTS) is 1. The Bertz CT molecular complexity index is 151. The maximum absolute atomic E-state index is 10.6. The molecular formula is C11H21NaO3. The molecule has 0 fully saturated rings. The van der Waals surface area contributed by atoms with E-state index in [2.05, 4.69) is 6.92 Å². The molecule has 0 aliphatic heterocycles. The molecule has 0 amide bonds. The van der Waals surface area contributed by atoms with Gasteiger partial charge in [0.1, 0.15) is 0 Å². The second kappa shape index (κ2) is 12.5. The molecule has 15 heavy (non-hydrogen) atoms. The molecule has 0 spiro atoms. The van der Waals surface area contributed by atoms with Crippen molar-refractivity contribution in [2.24, 2.45) is 0 Å². The zero-order valence-electron chi connectivity index (χ0n) is 10.3. The molecular weight excluding hydrogens is 203 g/mol. The normalized spacial score (nSPS) is 11.9. The minimum Gasteiger partial charge on any atom is -0.547 e. The van der Waals surface area contributed by atoms with Crippen LogP contribution in [0.1, 0.15) is 52.4 Å². The van der Waals surface area contributed by atoms with Crippen molar-refractivity contribution in [2.45, 2.75) is 58.5 Å². The Morgan fingerprint density at radius 2 is 1.87 bits per heavy atom. The van der Waals surface area contributed by atoms with Crippen molar-refractivity contribution in [3.05, 3.63) is 0 Å². The quantitative estimate of drug-likeness (QED) is 0.354. The van der Waals surface area contributed by atoms with Crippen molar-refractivity contribution >= 4 is 5.97 Å². The summed E-state index contributed by atoms with van der Waals surface area (Å²) in [6, 6.07) is 0. The summed E-state index contributed by atoms with van der Waals surface area (Å²) in [5.74, 6) is -1.08. The van der Waals surface area contributed by atoms with Gasteiger partial charge in [0.15, 0.2) is 0 Å². The minimum absolute atomic E-state index is 0. The number of carboxylic acids is 1. The Kier molecular flexibility index (Phi) is 14.8. The first kappa shape index (κ1) is 17.8. The summed E-state index contributed by atoms with van der Waals surface area (Å²) >= 11 is 0. The van der Waals surface area contributed by atoms with Gasteiger partial charge in [-0.3, -0.25) is 0 Å². The van der Waals surface area contributed by atoms with Crippen LogP contribution in [0, 0.1) is 0 Å². The van der Waals surface area contributed by atoms with E-state index in [0.29, 0.717) is 13.0 Å². The number of hydrogen-bond donors (Lipinski definition) is 0. The van der Waals surface area contributed by atoms with E-state index in [9.17, 15) is 9.90 Å². The molecule has 1 atom stereocenters. The monoisotopic (exact) mass is 224 g/mol.